The van der Waals surface area contributed by atoms with Gasteiger partial charge in [0.2, 0.25) is 0 Å². The van der Waals surface area contributed by atoms with E-state index in [2.05, 4.69) is 75.4 Å². The molecule has 0 bridgehead atoms. The molecular formula is C29H28O4. The van der Waals surface area contributed by atoms with Crippen molar-refractivity contribution >= 4 is 21.5 Å². The highest BCUT2D eigenvalue weighted by Gasteiger charge is 2.25. The molecule has 2 saturated heterocycles. The van der Waals surface area contributed by atoms with Gasteiger partial charge in [-0.2, -0.15) is 0 Å². The van der Waals surface area contributed by atoms with Gasteiger partial charge in [0.05, 0.1) is 13.2 Å². The van der Waals surface area contributed by atoms with Crippen molar-refractivity contribution < 1.29 is 18.9 Å². The van der Waals surface area contributed by atoms with Gasteiger partial charge in [0.25, 0.3) is 0 Å². The molecule has 4 aromatic carbocycles. The fraction of sp³-hybridized carbons (Fsp3) is 0.310. The van der Waals surface area contributed by atoms with E-state index in [1.165, 1.54) is 38.2 Å². The molecule has 4 heteroatoms. The molecule has 0 amide bonds. The number of ether oxygens (including phenoxy) is 4. The van der Waals surface area contributed by atoms with E-state index >= 15 is 0 Å². The van der Waals surface area contributed by atoms with E-state index in [0.717, 1.165) is 35.8 Å². The third-order valence-corrected chi connectivity index (χ3v) is 6.65. The molecule has 0 N–H and O–H groups in total. The topological polar surface area (TPSA) is 43.5 Å². The van der Waals surface area contributed by atoms with Crippen LogP contribution in [0, 0.1) is 20.8 Å². The predicted molar refractivity (Wildman–Crippen MR) is 132 cm³/mol. The van der Waals surface area contributed by atoms with Crippen LogP contribution in [0.25, 0.3) is 32.7 Å². The van der Waals surface area contributed by atoms with Crippen molar-refractivity contribution in [2.24, 2.45) is 0 Å². The number of rotatable bonds is 7. The molecule has 2 aliphatic heterocycles. The molecule has 0 saturated carbocycles. The number of hydrogen-bond acceptors (Lipinski definition) is 4. The largest absolute Gasteiger partial charge is 0.490 e. The van der Waals surface area contributed by atoms with Gasteiger partial charge >= 0.3 is 0 Å². The molecular weight excluding hydrogens is 412 g/mol. The molecule has 0 radical (unpaired) electrons. The number of aryl methyl sites for hydroxylation is 3. The van der Waals surface area contributed by atoms with Crippen molar-refractivity contribution in [2.75, 3.05) is 26.4 Å². The summed E-state index contributed by atoms with van der Waals surface area (Å²) < 4.78 is 23.0. The van der Waals surface area contributed by atoms with E-state index in [4.69, 9.17) is 18.9 Å². The molecule has 33 heavy (non-hydrogen) atoms. The van der Waals surface area contributed by atoms with E-state index in [1.54, 1.807) is 0 Å². The number of fused-ring (bicyclic) bond motifs is 2. The first-order valence-corrected chi connectivity index (χ1v) is 11.6. The van der Waals surface area contributed by atoms with Crippen LogP contribution in [0.2, 0.25) is 0 Å². The molecule has 0 aromatic heterocycles. The summed E-state index contributed by atoms with van der Waals surface area (Å²) in [6.07, 6.45) is 0.467. The first-order chi connectivity index (χ1) is 16.1. The van der Waals surface area contributed by atoms with Crippen LogP contribution in [-0.4, -0.2) is 38.6 Å². The van der Waals surface area contributed by atoms with Gasteiger partial charge in [0.1, 0.15) is 36.9 Å². The zero-order valence-electron chi connectivity index (χ0n) is 19.3. The Labute approximate surface area is 194 Å². The Bertz CT molecular complexity index is 1370. The van der Waals surface area contributed by atoms with Crippen LogP contribution in [0.1, 0.15) is 16.7 Å². The SMILES string of the molecule is Cc1cc2cccc(-c3cccc4cc(C)c(OCC5CO5)c(C)c34)c2cc1OCC1CO1. The van der Waals surface area contributed by atoms with Gasteiger partial charge in [-0.25, -0.2) is 0 Å². The van der Waals surface area contributed by atoms with Gasteiger partial charge < -0.3 is 18.9 Å². The molecule has 2 fully saturated rings. The molecule has 2 unspecified atom stereocenters. The van der Waals surface area contributed by atoms with Gasteiger partial charge in [0.15, 0.2) is 0 Å². The molecule has 2 heterocycles. The summed E-state index contributed by atoms with van der Waals surface area (Å²) in [6, 6.07) is 19.7. The Kier molecular flexibility index (Phi) is 5.01. The molecule has 2 aliphatic rings. The summed E-state index contributed by atoms with van der Waals surface area (Å²) in [5.41, 5.74) is 5.89. The summed E-state index contributed by atoms with van der Waals surface area (Å²) in [4.78, 5) is 0. The second-order valence-corrected chi connectivity index (χ2v) is 9.23. The van der Waals surface area contributed by atoms with Crippen molar-refractivity contribution in [1.29, 1.82) is 0 Å². The lowest BCUT2D eigenvalue weighted by Gasteiger charge is -2.18. The molecule has 168 valence electrons. The smallest absolute Gasteiger partial charge is 0.125 e. The first-order valence-electron chi connectivity index (χ1n) is 11.6. The van der Waals surface area contributed by atoms with Crippen LogP contribution in [-0.2, 0) is 9.47 Å². The lowest BCUT2D eigenvalue weighted by atomic mass is 9.90. The molecule has 4 aromatic rings. The quantitative estimate of drug-likeness (QED) is 0.324. The van der Waals surface area contributed by atoms with Crippen molar-refractivity contribution in [3.05, 3.63) is 71.3 Å². The summed E-state index contributed by atoms with van der Waals surface area (Å²) in [7, 11) is 0. The first kappa shape index (κ1) is 20.5. The van der Waals surface area contributed by atoms with E-state index < -0.39 is 0 Å². The zero-order valence-corrected chi connectivity index (χ0v) is 19.3. The van der Waals surface area contributed by atoms with Crippen LogP contribution >= 0.6 is 0 Å². The van der Waals surface area contributed by atoms with Gasteiger partial charge in [-0.3, -0.25) is 0 Å². The normalized spacial score (nSPS) is 19.1. The molecule has 0 aliphatic carbocycles. The summed E-state index contributed by atoms with van der Waals surface area (Å²) in [5.74, 6) is 1.89. The predicted octanol–water partition coefficient (Wildman–Crippen LogP) is 6.14. The monoisotopic (exact) mass is 440 g/mol. The second-order valence-electron chi connectivity index (χ2n) is 9.23. The highest BCUT2D eigenvalue weighted by atomic mass is 16.6. The molecule has 2 atom stereocenters. The highest BCUT2D eigenvalue weighted by Crippen LogP contribution is 2.41. The van der Waals surface area contributed by atoms with Crippen molar-refractivity contribution in [2.45, 2.75) is 33.0 Å². The van der Waals surface area contributed by atoms with E-state index in [-0.39, 0.29) is 12.2 Å². The maximum atomic E-state index is 6.22. The zero-order chi connectivity index (χ0) is 22.5. The number of benzene rings is 4. The molecule has 6 rings (SSSR count). The third kappa shape index (κ3) is 3.94. The fourth-order valence-corrected chi connectivity index (χ4v) is 4.76. The van der Waals surface area contributed by atoms with Crippen molar-refractivity contribution in [3.8, 4) is 22.6 Å². The van der Waals surface area contributed by atoms with Crippen LogP contribution in [0.5, 0.6) is 11.5 Å². The number of epoxide rings is 2. The maximum absolute atomic E-state index is 6.22. The van der Waals surface area contributed by atoms with Gasteiger partial charge in [-0.1, -0.05) is 36.4 Å². The van der Waals surface area contributed by atoms with Gasteiger partial charge in [0, 0.05) is 0 Å². The highest BCUT2D eigenvalue weighted by molar-refractivity contribution is 6.07. The Morgan fingerprint density at radius 3 is 2.12 bits per heavy atom. The van der Waals surface area contributed by atoms with E-state index in [0.29, 0.717) is 13.2 Å². The van der Waals surface area contributed by atoms with Crippen molar-refractivity contribution in [3.63, 3.8) is 0 Å². The average Bonchev–Trinajstić information content (AvgIpc) is 3.72. The number of hydrogen-bond donors (Lipinski definition) is 0. The van der Waals surface area contributed by atoms with Crippen molar-refractivity contribution in [1.82, 2.24) is 0 Å². The third-order valence-electron chi connectivity index (χ3n) is 6.65. The average molecular weight is 441 g/mol. The Balaban J connectivity index is 1.51. The van der Waals surface area contributed by atoms with Gasteiger partial charge in [-0.05, 0) is 88.3 Å². The summed E-state index contributed by atoms with van der Waals surface area (Å²) in [6.45, 7) is 9.19. The minimum absolute atomic E-state index is 0.232. The minimum atomic E-state index is 0.232. The van der Waals surface area contributed by atoms with Crippen LogP contribution in [0.15, 0.2) is 54.6 Å². The van der Waals surface area contributed by atoms with Crippen LogP contribution in [0.4, 0.5) is 0 Å². The molecule has 0 spiro atoms. The minimum Gasteiger partial charge on any atom is -0.490 e. The lowest BCUT2D eigenvalue weighted by molar-refractivity contribution is 0.261. The van der Waals surface area contributed by atoms with E-state index in [9.17, 15) is 0 Å². The Hall–Kier alpha value is -3.08. The Morgan fingerprint density at radius 1 is 0.758 bits per heavy atom. The van der Waals surface area contributed by atoms with E-state index in [1.807, 2.05) is 0 Å². The molecule has 4 nitrogen and oxygen atoms in total. The summed E-state index contributed by atoms with van der Waals surface area (Å²) >= 11 is 0. The fourth-order valence-electron chi connectivity index (χ4n) is 4.76. The Morgan fingerprint density at radius 2 is 1.39 bits per heavy atom. The maximum Gasteiger partial charge on any atom is 0.125 e. The second kappa shape index (κ2) is 8.05. The lowest BCUT2D eigenvalue weighted by Crippen LogP contribution is -2.06. The van der Waals surface area contributed by atoms with Crippen LogP contribution in [0.3, 0.4) is 0 Å². The standard InChI is InChI=1S/C29H28O4/c1-17-10-20-6-4-8-24(26(20)12-27(17)32-15-22-13-30-22)25-9-5-7-21-11-18(2)29(19(3)28(21)25)33-16-23-14-31-23/h4-12,22-23H,13-16H2,1-3H3. The summed E-state index contributed by atoms with van der Waals surface area (Å²) in [5, 5.41) is 4.86. The van der Waals surface area contributed by atoms with Crippen LogP contribution < -0.4 is 9.47 Å². The van der Waals surface area contributed by atoms with Gasteiger partial charge in [-0.15, -0.1) is 0 Å².